The van der Waals surface area contributed by atoms with Crippen molar-refractivity contribution in [1.29, 1.82) is 0 Å². The van der Waals surface area contributed by atoms with E-state index in [0.29, 0.717) is 0 Å². The first-order chi connectivity index (χ1) is 17.4. The van der Waals surface area contributed by atoms with Crippen LogP contribution in [0, 0.1) is 0 Å². The van der Waals surface area contributed by atoms with E-state index in [2.05, 4.69) is 97.9 Å². The Morgan fingerprint density at radius 1 is 0.371 bits per heavy atom. The molecule has 0 unspecified atom stereocenters. The third-order valence-corrected chi connectivity index (χ3v) is 20.4. The van der Waals surface area contributed by atoms with Gasteiger partial charge in [0.05, 0.1) is 0 Å². The Morgan fingerprint density at radius 2 is 0.657 bits per heavy atom. The van der Waals surface area contributed by atoms with Gasteiger partial charge in [-0.3, -0.25) is 0 Å². The molecule has 0 saturated heterocycles. The van der Waals surface area contributed by atoms with E-state index < -0.39 is 18.8 Å². The van der Waals surface area contributed by atoms with Gasteiger partial charge in [-0.1, -0.05) is 26.2 Å². The number of hydrogen-bond donors (Lipinski definition) is 0. The molecule has 35 heavy (non-hydrogen) atoms. The molecule has 0 saturated carbocycles. The van der Waals surface area contributed by atoms with Gasteiger partial charge in [0.2, 0.25) is 0 Å². The van der Waals surface area contributed by atoms with Crippen LogP contribution in [0.3, 0.4) is 0 Å². The Balaban J connectivity index is 1.49. The number of benzene rings is 3. The van der Waals surface area contributed by atoms with Gasteiger partial charge in [0, 0.05) is 0 Å². The molecule has 0 fully saturated rings. The van der Waals surface area contributed by atoms with E-state index in [0.717, 1.165) is 0 Å². The second kappa shape index (κ2) is 17.0. The zero-order valence-electron chi connectivity index (χ0n) is 22.2. The van der Waals surface area contributed by atoms with Gasteiger partial charge in [-0.25, -0.2) is 0 Å². The van der Waals surface area contributed by atoms with E-state index in [1.165, 1.54) is 94.3 Å². The van der Waals surface area contributed by atoms with E-state index in [1.807, 2.05) is 0 Å². The summed E-state index contributed by atoms with van der Waals surface area (Å²) in [6.07, 6.45) is 19.9. The Labute approximate surface area is 220 Å². The molecule has 0 aliphatic heterocycles. The summed E-state index contributed by atoms with van der Waals surface area (Å²) in [5.41, 5.74) is 0. The second-order valence-electron chi connectivity index (χ2n) is 10.1. The second-order valence-corrected chi connectivity index (χ2v) is 20.5. The summed E-state index contributed by atoms with van der Waals surface area (Å²) in [5, 5.41) is 0. The maximum atomic E-state index is 2.41. The molecule has 3 aromatic rings. The monoisotopic (exact) mass is 577 g/mol. The maximum absolute atomic E-state index is 2.88. The number of hydrogen-bond acceptors (Lipinski definition) is 0. The van der Waals surface area contributed by atoms with Gasteiger partial charge >= 0.3 is 195 Å². The average Bonchev–Trinajstić information content (AvgIpc) is 2.93. The van der Waals surface area contributed by atoms with Crippen molar-refractivity contribution >= 4 is 29.3 Å². The van der Waals surface area contributed by atoms with E-state index in [-0.39, 0.29) is 0 Å². The molecular weight excluding hydrogens is 530 g/mol. The van der Waals surface area contributed by atoms with Gasteiger partial charge in [-0.2, -0.15) is 0 Å². The zero-order chi connectivity index (χ0) is 24.4. The van der Waals surface area contributed by atoms with Gasteiger partial charge in [0.15, 0.2) is 0 Å². The minimum atomic E-state index is -2.88. The van der Waals surface area contributed by atoms with E-state index in [1.54, 1.807) is 10.5 Å². The molecule has 0 nitrogen and oxygen atoms in total. The molecule has 0 amide bonds. The molecule has 0 radical (unpaired) electrons. The van der Waals surface area contributed by atoms with E-state index >= 15 is 0 Å². The van der Waals surface area contributed by atoms with Crippen LogP contribution in [0.2, 0.25) is 4.37 Å². The summed E-state index contributed by atoms with van der Waals surface area (Å²) in [5.74, 6) is 0. The molecule has 0 bridgehead atoms. The van der Waals surface area contributed by atoms with Crippen LogP contribution in [-0.2, 0) is 0 Å². The topological polar surface area (TPSA) is 0 Å². The third-order valence-electron chi connectivity index (χ3n) is 7.44. The molecule has 0 atom stereocenters. The molecule has 3 rings (SSSR count). The standard InChI is InChI=1S/C16H33.3C6H5.Sb/c1-3-5-7-9-11-13-15-16-14-12-10-8-6-4-2;3*1-2-4-6-5-3-1;/h1,3-16H2,2H3;3*1-5H;/q;;;;+1. The van der Waals surface area contributed by atoms with Crippen LogP contribution in [0.25, 0.3) is 0 Å². The number of unbranched alkanes of at least 4 members (excludes halogenated alkanes) is 13. The summed E-state index contributed by atoms with van der Waals surface area (Å²) < 4.78 is 6.18. The van der Waals surface area contributed by atoms with Crippen LogP contribution in [0.4, 0.5) is 0 Å². The van der Waals surface area contributed by atoms with Crippen molar-refractivity contribution in [2.75, 3.05) is 0 Å². The fourth-order valence-corrected chi connectivity index (χ4v) is 18.0. The summed E-state index contributed by atoms with van der Waals surface area (Å²) in [6.45, 7) is 2.30. The SMILES string of the molecule is CCCCCCCCCCCCCCC[CH2][Sb+]([c]1ccccc1)([c]1ccccc1)[c]1ccccc1. The predicted octanol–water partition coefficient (Wildman–Crippen LogP) is 8.64. The summed E-state index contributed by atoms with van der Waals surface area (Å²) in [4.78, 5) is 0. The first-order valence-electron chi connectivity index (χ1n) is 14.4. The molecule has 0 aliphatic carbocycles. The van der Waals surface area contributed by atoms with Crippen LogP contribution >= 0.6 is 0 Å². The Morgan fingerprint density at radius 3 is 0.971 bits per heavy atom. The van der Waals surface area contributed by atoms with Crippen LogP contribution in [-0.4, -0.2) is 18.8 Å². The Kier molecular flexibility index (Phi) is 13.6. The van der Waals surface area contributed by atoms with Gasteiger partial charge in [-0.15, -0.1) is 0 Å². The quantitative estimate of drug-likeness (QED) is 0.105. The van der Waals surface area contributed by atoms with Crippen molar-refractivity contribution < 1.29 is 0 Å². The molecule has 0 aromatic heterocycles. The van der Waals surface area contributed by atoms with Crippen molar-refractivity contribution in [1.82, 2.24) is 0 Å². The van der Waals surface area contributed by atoms with Gasteiger partial charge in [-0.05, 0) is 0 Å². The fourth-order valence-electron chi connectivity index (χ4n) is 5.43. The molecule has 188 valence electrons. The van der Waals surface area contributed by atoms with Crippen molar-refractivity contribution in [2.45, 2.75) is 101 Å². The summed E-state index contributed by atoms with van der Waals surface area (Å²) >= 11 is -2.88. The minimum absolute atomic E-state index is 1.35. The van der Waals surface area contributed by atoms with E-state index in [4.69, 9.17) is 0 Å². The Hall–Kier alpha value is -1.52. The molecule has 0 aliphatic rings. The Bertz CT molecular complexity index is 791. The van der Waals surface area contributed by atoms with Crippen molar-refractivity contribution in [2.24, 2.45) is 0 Å². The van der Waals surface area contributed by atoms with Crippen LogP contribution in [0.1, 0.15) is 96.8 Å². The normalized spacial score (nSPS) is 11.6. The zero-order valence-corrected chi connectivity index (χ0v) is 24.8. The van der Waals surface area contributed by atoms with Gasteiger partial charge < -0.3 is 0 Å². The van der Waals surface area contributed by atoms with Gasteiger partial charge in [0.1, 0.15) is 0 Å². The molecule has 3 aromatic carbocycles. The third kappa shape index (κ3) is 9.13. The fraction of sp³-hybridized carbons (Fsp3) is 0.471. The van der Waals surface area contributed by atoms with Crippen molar-refractivity contribution in [3.8, 4) is 0 Å². The van der Waals surface area contributed by atoms with Gasteiger partial charge in [0.25, 0.3) is 0 Å². The summed E-state index contributed by atoms with van der Waals surface area (Å²) in [6, 6.07) is 34.4. The van der Waals surface area contributed by atoms with Crippen LogP contribution < -0.4 is 10.5 Å². The predicted molar refractivity (Wildman–Crippen MR) is 159 cm³/mol. The first kappa shape index (κ1) is 28.1. The molecule has 1 heteroatoms. The average molecular weight is 579 g/mol. The molecule has 0 spiro atoms. The van der Waals surface area contributed by atoms with Crippen LogP contribution in [0.5, 0.6) is 0 Å². The first-order valence-corrected chi connectivity index (χ1v) is 20.1. The molecule has 0 heterocycles. The van der Waals surface area contributed by atoms with E-state index in [9.17, 15) is 0 Å². The van der Waals surface area contributed by atoms with Crippen LogP contribution in [0.15, 0.2) is 91.0 Å². The number of rotatable bonds is 18. The van der Waals surface area contributed by atoms with Crippen molar-refractivity contribution in [3.63, 3.8) is 0 Å². The summed E-state index contributed by atoms with van der Waals surface area (Å²) in [7, 11) is 0. The molecule has 0 N–H and O–H groups in total. The molecular formula is C34H48Sb+. The van der Waals surface area contributed by atoms with Crippen molar-refractivity contribution in [3.05, 3.63) is 91.0 Å².